The molecule has 0 atom stereocenters. The largest absolute Gasteiger partial charge is 0.455 e. The molecule has 0 radical (unpaired) electrons. The maximum absolute atomic E-state index is 11.9. The first-order valence-electron chi connectivity index (χ1n) is 5.99. The lowest BCUT2D eigenvalue weighted by Gasteiger charge is -2.14. The molecule has 0 unspecified atom stereocenters. The minimum atomic E-state index is -0.205. The highest BCUT2D eigenvalue weighted by Gasteiger charge is 2.57. The molecule has 0 N–H and O–H groups in total. The van der Waals surface area contributed by atoms with Gasteiger partial charge in [-0.2, -0.15) is 5.10 Å². The third-order valence-corrected chi connectivity index (χ3v) is 3.55. The van der Waals surface area contributed by atoms with Crippen molar-refractivity contribution in [3.8, 4) is 0 Å². The fraction of sp³-hybridized carbons (Fsp3) is 0.667. The van der Waals surface area contributed by atoms with E-state index in [1.165, 1.54) is 12.8 Å². The lowest BCUT2D eigenvalue weighted by atomic mass is 10.2. The molecule has 0 aliphatic heterocycles. The van der Waals surface area contributed by atoms with Crippen LogP contribution in [0.3, 0.4) is 0 Å². The van der Waals surface area contributed by atoms with E-state index < -0.39 is 0 Å². The van der Waals surface area contributed by atoms with E-state index in [1.54, 1.807) is 17.1 Å². The van der Waals surface area contributed by atoms with Gasteiger partial charge in [-0.25, -0.2) is 4.79 Å². The van der Waals surface area contributed by atoms with E-state index in [1.807, 2.05) is 6.92 Å². The zero-order valence-corrected chi connectivity index (χ0v) is 9.48. The second-order valence-electron chi connectivity index (χ2n) is 4.81. The first kappa shape index (κ1) is 9.87. The fourth-order valence-electron chi connectivity index (χ4n) is 2.21. The van der Waals surface area contributed by atoms with Gasteiger partial charge in [0, 0.05) is 12.7 Å². The molecule has 2 fully saturated rings. The Labute approximate surface area is 94.6 Å². The van der Waals surface area contributed by atoms with Gasteiger partial charge < -0.3 is 4.74 Å². The molecule has 0 spiro atoms. The maximum Gasteiger partial charge on any atom is 0.341 e. The summed E-state index contributed by atoms with van der Waals surface area (Å²) >= 11 is 0. The summed E-state index contributed by atoms with van der Waals surface area (Å²) in [6.45, 7) is 2.77. The molecular formula is C12H16N2O2. The third-order valence-electron chi connectivity index (χ3n) is 3.55. The number of esters is 1. The Kier molecular flexibility index (Phi) is 2.06. The van der Waals surface area contributed by atoms with E-state index >= 15 is 0 Å². The zero-order valence-electron chi connectivity index (χ0n) is 9.48. The van der Waals surface area contributed by atoms with Gasteiger partial charge in [0.25, 0.3) is 0 Å². The second kappa shape index (κ2) is 3.34. The summed E-state index contributed by atoms with van der Waals surface area (Å²) in [5, 5.41) is 4.08. The molecular weight excluding hydrogens is 204 g/mol. The Morgan fingerprint density at radius 1 is 1.62 bits per heavy atom. The highest BCUT2D eigenvalue weighted by Crippen LogP contribution is 2.56. The quantitative estimate of drug-likeness (QED) is 0.729. The normalized spacial score (nSPS) is 21.8. The van der Waals surface area contributed by atoms with Gasteiger partial charge in [-0.3, -0.25) is 4.68 Å². The number of nitrogens with zero attached hydrogens (tertiary/aromatic N) is 2. The molecule has 3 rings (SSSR count). The van der Waals surface area contributed by atoms with Crippen LogP contribution in [-0.4, -0.2) is 21.4 Å². The fourth-order valence-corrected chi connectivity index (χ4v) is 2.21. The molecule has 86 valence electrons. The predicted octanol–water partition coefficient (Wildman–Crippen LogP) is 2.00. The summed E-state index contributed by atoms with van der Waals surface area (Å²) in [7, 11) is 0. The first-order valence-corrected chi connectivity index (χ1v) is 5.99. The number of carbonyl (C=O) groups is 1. The van der Waals surface area contributed by atoms with Crippen LogP contribution in [0.25, 0.3) is 0 Å². The minimum absolute atomic E-state index is 0.0919. The molecule has 0 aromatic carbocycles. The number of ether oxygens (including phenoxy) is 1. The molecule has 1 heterocycles. The average molecular weight is 220 g/mol. The van der Waals surface area contributed by atoms with Crippen LogP contribution in [-0.2, 0) is 11.3 Å². The Balaban J connectivity index is 1.68. The van der Waals surface area contributed by atoms with Crippen molar-refractivity contribution in [1.82, 2.24) is 9.78 Å². The number of hydrogen-bond donors (Lipinski definition) is 0. The maximum atomic E-state index is 11.9. The van der Waals surface area contributed by atoms with Crippen LogP contribution >= 0.6 is 0 Å². The smallest absolute Gasteiger partial charge is 0.341 e. The van der Waals surface area contributed by atoms with Crippen molar-refractivity contribution in [3.05, 3.63) is 18.0 Å². The van der Waals surface area contributed by atoms with E-state index in [0.29, 0.717) is 11.5 Å². The van der Waals surface area contributed by atoms with E-state index in [0.717, 1.165) is 19.4 Å². The van der Waals surface area contributed by atoms with Gasteiger partial charge in [-0.15, -0.1) is 0 Å². The lowest BCUT2D eigenvalue weighted by Crippen LogP contribution is -2.21. The zero-order chi connectivity index (χ0) is 11.2. The van der Waals surface area contributed by atoms with E-state index in [2.05, 4.69) is 5.10 Å². The van der Waals surface area contributed by atoms with Crippen LogP contribution < -0.4 is 0 Å². The van der Waals surface area contributed by atoms with Crippen LogP contribution in [0.2, 0.25) is 0 Å². The van der Waals surface area contributed by atoms with E-state index in [9.17, 15) is 4.79 Å². The highest BCUT2D eigenvalue weighted by molar-refractivity contribution is 5.89. The number of aryl methyl sites for hydroxylation is 1. The van der Waals surface area contributed by atoms with Crippen molar-refractivity contribution in [2.75, 3.05) is 0 Å². The Hall–Kier alpha value is -1.32. The van der Waals surface area contributed by atoms with E-state index in [-0.39, 0.29) is 11.6 Å². The van der Waals surface area contributed by atoms with Gasteiger partial charge >= 0.3 is 5.97 Å². The van der Waals surface area contributed by atoms with Gasteiger partial charge in [-0.1, -0.05) is 0 Å². The minimum Gasteiger partial charge on any atom is -0.455 e. The van der Waals surface area contributed by atoms with Gasteiger partial charge in [0.05, 0.1) is 11.8 Å². The first-order chi connectivity index (χ1) is 7.73. The molecule has 1 aromatic rings. The Bertz CT molecular complexity index is 416. The van der Waals surface area contributed by atoms with Crippen molar-refractivity contribution in [2.45, 2.75) is 44.8 Å². The molecule has 0 saturated heterocycles. The van der Waals surface area contributed by atoms with Gasteiger partial charge in [0.2, 0.25) is 0 Å². The number of carbonyl (C=O) groups excluding carboxylic acids is 1. The molecule has 0 bridgehead atoms. The van der Waals surface area contributed by atoms with Crippen LogP contribution in [0.4, 0.5) is 0 Å². The van der Waals surface area contributed by atoms with Crippen molar-refractivity contribution in [3.63, 3.8) is 0 Å². The van der Waals surface area contributed by atoms with Crippen molar-refractivity contribution in [1.29, 1.82) is 0 Å². The second-order valence-corrected chi connectivity index (χ2v) is 4.81. The number of aromatic nitrogens is 2. The summed E-state index contributed by atoms with van der Waals surface area (Å²) in [5.74, 6) is 0.432. The molecule has 2 saturated carbocycles. The van der Waals surface area contributed by atoms with Crippen molar-refractivity contribution < 1.29 is 9.53 Å². The SMILES string of the molecule is CCn1cc(C(=O)OC2(C3CC3)CC2)cn1. The summed E-state index contributed by atoms with van der Waals surface area (Å²) in [5.41, 5.74) is 0.486. The van der Waals surface area contributed by atoms with Gasteiger partial charge in [0.1, 0.15) is 5.60 Å². The van der Waals surface area contributed by atoms with Crippen LogP contribution in [0.15, 0.2) is 12.4 Å². The highest BCUT2D eigenvalue weighted by atomic mass is 16.6. The van der Waals surface area contributed by atoms with Crippen molar-refractivity contribution >= 4 is 5.97 Å². The number of hydrogen-bond acceptors (Lipinski definition) is 3. The van der Waals surface area contributed by atoms with Crippen LogP contribution in [0, 0.1) is 5.92 Å². The number of rotatable bonds is 4. The summed E-state index contributed by atoms with van der Waals surface area (Å²) < 4.78 is 7.37. The molecule has 2 aliphatic carbocycles. The van der Waals surface area contributed by atoms with Crippen LogP contribution in [0.5, 0.6) is 0 Å². The molecule has 4 heteroatoms. The Morgan fingerprint density at radius 2 is 2.38 bits per heavy atom. The van der Waals surface area contributed by atoms with Crippen molar-refractivity contribution in [2.24, 2.45) is 5.92 Å². The Morgan fingerprint density at radius 3 is 2.88 bits per heavy atom. The lowest BCUT2D eigenvalue weighted by molar-refractivity contribution is 0.0160. The standard InChI is InChI=1S/C12H16N2O2/c1-2-14-8-9(7-13-14)11(15)16-12(5-6-12)10-3-4-10/h7-8,10H,2-6H2,1H3. The average Bonchev–Trinajstić information content (AvgIpc) is 3.17. The topological polar surface area (TPSA) is 44.1 Å². The molecule has 1 aromatic heterocycles. The summed E-state index contributed by atoms with van der Waals surface area (Å²) in [6.07, 6.45) is 7.89. The predicted molar refractivity (Wildman–Crippen MR) is 58.0 cm³/mol. The molecule has 0 amide bonds. The van der Waals surface area contributed by atoms with Gasteiger partial charge in [-0.05, 0) is 38.5 Å². The molecule has 16 heavy (non-hydrogen) atoms. The summed E-state index contributed by atoms with van der Waals surface area (Å²) in [6, 6.07) is 0. The molecule has 4 nitrogen and oxygen atoms in total. The van der Waals surface area contributed by atoms with E-state index in [4.69, 9.17) is 4.74 Å². The summed E-state index contributed by atoms with van der Waals surface area (Å²) in [4.78, 5) is 11.9. The van der Waals surface area contributed by atoms with Crippen LogP contribution in [0.1, 0.15) is 43.0 Å². The van der Waals surface area contributed by atoms with Gasteiger partial charge in [0.15, 0.2) is 0 Å². The third kappa shape index (κ3) is 1.62. The molecule has 2 aliphatic rings. The monoisotopic (exact) mass is 220 g/mol.